The van der Waals surface area contributed by atoms with Gasteiger partial charge in [0.1, 0.15) is 0 Å². The number of hydrogen-bond donors (Lipinski definition) is 2. The molecule has 2 rings (SSSR count). The van der Waals surface area contributed by atoms with E-state index in [1.54, 1.807) is 11.3 Å². The molecule has 2 N–H and O–H groups in total. The maximum Gasteiger partial charge on any atom is 0.194 e. The Morgan fingerprint density at radius 2 is 2.38 bits per heavy atom. The molecule has 0 unspecified atom stereocenters. The van der Waals surface area contributed by atoms with E-state index in [-0.39, 0.29) is 12.0 Å². The first kappa shape index (κ1) is 16.2. The summed E-state index contributed by atoms with van der Waals surface area (Å²) >= 11 is 1.66. The molecule has 21 heavy (non-hydrogen) atoms. The van der Waals surface area contributed by atoms with Crippen LogP contribution in [0.25, 0.3) is 0 Å². The van der Waals surface area contributed by atoms with E-state index in [0.29, 0.717) is 19.8 Å². The average Bonchev–Trinajstić information content (AvgIpc) is 2.82. The molecular formula is C14H24N4O2S. The van der Waals surface area contributed by atoms with E-state index >= 15 is 0 Å². The predicted molar refractivity (Wildman–Crippen MR) is 84.6 cm³/mol. The first-order valence-electron chi connectivity index (χ1n) is 7.17. The van der Waals surface area contributed by atoms with E-state index in [1.807, 2.05) is 20.9 Å². The second kappa shape index (κ2) is 7.20. The quantitative estimate of drug-likeness (QED) is 0.602. The summed E-state index contributed by atoms with van der Waals surface area (Å²) in [6.07, 6.45) is 0. The summed E-state index contributed by atoms with van der Waals surface area (Å²) in [6, 6.07) is 0. The molecule has 1 fully saturated rings. The zero-order valence-corrected chi connectivity index (χ0v) is 13.7. The molecule has 0 atom stereocenters. The van der Waals surface area contributed by atoms with E-state index in [0.717, 1.165) is 29.8 Å². The van der Waals surface area contributed by atoms with E-state index < -0.39 is 0 Å². The maximum absolute atomic E-state index is 9.46. The van der Waals surface area contributed by atoms with Crippen LogP contribution in [0, 0.1) is 12.3 Å². The number of thiazole rings is 1. The van der Waals surface area contributed by atoms with Gasteiger partial charge in [-0.25, -0.2) is 4.98 Å². The Morgan fingerprint density at radius 1 is 1.62 bits per heavy atom. The number of hydrogen-bond acceptors (Lipinski definition) is 5. The number of guanidine groups is 1. The Kier molecular flexibility index (Phi) is 5.55. The third kappa shape index (κ3) is 4.15. The Labute approximate surface area is 129 Å². The third-order valence-corrected chi connectivity index (χ3v) is 4.30. The molecule has 6 nitrogen and oxygen atoms in total. The van der Waals surface area contributed by atoms with Crippen LogP contribution in [0.5, 0.6) is 0 Å². The molecule has 0 saturated carbocycles. The Hall–Kier alpha value is -1.18. The molecule has 1 aliphatic rings. The summed E-state index contributed by atoms with van der Waals surface area (Å²) in [5.74, 6) is 0.836. The van der Waals surface area contributed by atoms with E-state index in [9.17, 15) is 5.11 Å². The smallest absolute Gasteiger partial charge is 0.194 e. The number of aryl methyl sites for hydroxylation is 1. The normalized spacial score (nSPS) is 17.4. The molecule has 0 bridgehead atoms. The van der Waals surface area contributed by atoms with Crippen molar-refractivity contribution in [3.63, 3.8) is 0 Å². The molecule has 0 radical (unpaired) electrons. The van der Waals surface area contributed by atoms with Crippen LogP contribution in [-0.4, -0.2) is 60.9 Å². The number of aliphatic imine (C=N–C) groups is 1. The van der Waals surface area contributed by atoms with Crippen molar-refractivity contribution in [1.29, 1.82) is 0 Å². The summed E-state index contributed by atoms with van der Waals surface area (Å²) < 4.78 is 5.21. The van der Waals surface area contributed by atoms with Crippen molar-refractivity contribution in [2.24, 2.45) is 10.4 Å². The number of aliphatic hydroxyl groups excluding tert-OH is 1. The SMILES string of the molecule is CCNC(=NCC1(CO)COC1)N(C)Cc1csc(C)n1. The van der Waals surface area contributed by atoms with Gasteiger partial charge in [0.15, 0.2) is 5.96 Å². The van der Waals surface area contributed by atoms with Gasteiger partial charge >= 0.3 is 0 Å². The van der Waals surface area contributed by atoms with Crippen LogP contribution in [0.15, 0.2) is 10.4 Å². The summed E-state index contributed by atoms with van der Waals surface area (Å²) in [7, 11) is 2.00. The lowest BCUT2D eigenvalue weighted by atomic mass is 9.87. The van der Waals surface area contributed by atoms with E-state index in [1.165, 1.54) is 0 Å². The standard InChI is InChI=1S/C14H24N4O2S/c1-4-15-13(16-7-14(8-19)9-20-10-14)18(3)5-12-6-21-11(2)17-12/h6,19H,4-5,7-10H2,1-3H3,(H,15,16). The highest BCUT2D eigenvalue weighted by Gasteiger charge is 2.38. The number of rotatable bonds is 6. The van der Waals surface area contributed by atoms with Crippen LogP contribution in [0.1, 0.15) is 17.6 Å². The minimum absolute atomic E-state index is 0.116. The molecule has 1 aromatic rings. The van der Waals surface area contributed by atoms with Crippen LogP contribution in [0.3, 0.4) is 0 Å². The lowest BCUT2D eigenvalue weighted by molar-refractivity contribution is -0.130. The molecule has 0 amide bonds. The van der Waals surface area contributed by atoms with Gasteiger partial charge in [-0.1, -0.05) is 0 Å². The van der Waals surface area contributed by atoms with Crippen molar-refractivity contribution in [2.45, 2.75) is 20.4 Å². The monoisotopic (exact) mass is 312 g/mol. The first-order valence-corrected chi connectivity index (χ1v) is 8.05. The van der Waals surface area contributed by atoms with Crippen LogP contribution >= 0.6 is 11.3 Å². The first-order chi connectivity index (χ1) is 10.1. The summed E-state index contributed by atoms with van der Waals surface area (Å²) in [6.45, 7) is 7.44. The number of aromatic nitrogens is 1. The fourth-order valence-corrected chi connectivity index (χ4v) is 2.74. The lowest BCUT2D eigenvalue weighted by Gasteiger charge is -2.38. The highest BCUT2D eigenvalue weighted by Crippen LogP contribution is 2.27. The number of ether oxygens (including phenoxy) is 1. The molecular weight excluding hydrogens is 288 g/mol. The summed E-state index contributed by atoms with van der Waals surface area (Å²) in [5.41, 5.74) is 0.855. The van der Waals surface area contributed by atoms with Gasteiger partial charge in [-0.05, 0) is 13.8 Å². The maximum atomic E-state index is 9.46. The minimum Gasteiger partial charge on any atom is -0.396 e. The number of nitrogens with zero attached hydrogens (tertiary/aromatic N) is 3. The second-order valence-corrected chi connectivity index (χ2v) is 6.60. The predicted octanol–water partition coefficient (Wildman–Crippen LogP) is 0.858. The molecule has 118 valence electrons. The van der Waals surface area contributed by atoms with Crippen LogP contribution in [-0.2, 0) is 11.3 Å². The zero-order chi connectivity index (χ0) is 15.3. The molecule has 0 aromatic carbocycles. The second-order valence-electron chi connectivity index (χ2n) is 5.54. The van der Waals surface area contributed by atoms with Gasteiger partial charge in [0.25, 0.3) is 0 Å². The Morgan fingerprint density at radius 3 is 2.86 bits per heavy atom. The van der Waals surface area contributed by atoms with Crippen molar-refractivity contribution >= 4 is 17.3 Å². The van der Waals surface area contributed by atoms with Crippen LogP contribution in [0.4, 0.5) is 0 Å². The molecule has 1 aliphatic heterocycles. The van der Waals surface area contributed by atoms with Crippen molar-refractivity contribution in [3.8, 4) is 0 Å². The van der Waals surface area contributed by atoms with E-state index in [4.69, 9.17) is 4.74 Å². The van der Waals surface area contributed by atoms with Crippen molar-refractivity contribution in [1.82, 2.24) is 15.2 Å². The fraction of sp³-hybridized carbons (Fsp3) is 0.714. The molecule has 1 saturated heterocycles. The van der Waals surface area contributed by atoms with Gasteiger partial charge in [-0.3, -0.25) is 4.99 Å². The highest BCUT2D eigenvalue weighted by molar-refractivity contribution is 7.09. The van der Waals surface area contributed by atoms with Gasteiger partial charge in [-0.15, -0.1) is 11.3 Å². The Balaban J connectivity index is 1.99. The van der Waals surface area contributed by atoms with Crippen LogP contribution in [0.2, 0.25) is 0 Å². The summed E-state index contributed by atoms with van der Waals surface area (Å²) in [5, 5.41) is 15.9. The fourth-order valence-electron chi connectivity index (χ4n) is 2.13. The largest absolute Gasteiger partial charge is 0.396 e. The third-order valence-electron chi connectivity index (χ3n) is 3.48. The van der Waals surface area contributed by atoms with Gasteiger partial charge in [0.05, 0.1) is 49.0 Å². The molecule has 0 aliphatic carbocycles. The average molecular weight is 312 g/mol. The minimum atomic E-state index is -0.196. The number of nitrogens with one attached hydrogen (secondary N) is 1. The lowest BCUT2D eigenvalue weighted by Crippen LogP contribution is -2.49. The van der Waals surface area contributed by atoms with Gasteiger partial charge < -0.3 is 20.1 Å². The molecule has 7 heteroatoms. The van der Waals surface area contributed by atoms with Crippen LogP contribution < -0.4 is 5.32 Å². The van der Waals surface area contributed by atoms with Gasteiger partial charge in [0.2, 0.25) is 0 Å². The topological polar surface area (TPSA) is 70.0 Å². The zero-order valence-electron chi connectivity index (χ0n) is 12.9. The van der Waals surface area contributed by atoms with E-state index in [2.05, 4.69) is 25.6 Å². The molecule has 2 heterocycles. The van der Waals surface area contributed by atoms with Gasteiger partial charge in [0, 0.05) is 19.0 Å². The molecule has 1 aromatic heterocycles. The Bertz CT molecular complexity index is 480. The summed E-state index contributed by atoms with van der Waals surface area (Å²) in [4.78, 5) is 11.2. The molecule has 0 spiro atoms. The van der Waals surface area contributed by atoms with Crippen molar-refractivity contribution in [2.75, 3.05) is 40.0 Å². The van der Waals surface area contributed by atoms with Crippen molar-refractivity contribution < 1.29 is 9.84 Å². The number of aliphatic hydroxyl groups is 1. The van der Waals surface area contributed by atoms with Crippen molar-refractivity contribution in [3.05, 3.63) is 16.1 Å². The highest BCUT2D eigenvalue weighted by atomic mass is 32.1. The van der Waals surface area contributed by atoms with Gasteiger partial charge in [-0.2, -0.15) is 0 Å².